The number of nitrogens with two attached hydrogens (primary N) is 1. The van der Waals surface area contributed by atoms with Crippen LogP contribution >= 0.6 is 0 Å². The second-order valence-electron chi connectivity index (χ2n) is 2.61. The van der Waals surface area contributed by atoms with E-state index in [2.05, 4.69) is 16.2 Å². The molecule has 0 saturated heterocycles. The molecule has 0 spiro atoms. The van der Waals surface area contributed by atoms with E-state index in [1.165, 1.54) is 5.57 Å². The first-order chi connectivity index (χ1) is 5.18. The molecule has 4 nitrogen and oxygen atoms in total. The Morgan fingerprint density at radius 3 is 2.91 bits per heavy atom. The summed E-state index contributed by atoms with van der Waals surface area (Å²) < 4.78 is 1.70. The molecule has 60 valence electrons. The van der Waals surface area contributed by atoms with Gasteiger partial charge in [-0.1, -0.05) is 11.6 Å². The minimum absolute atomic E-state index is 0.326. The Labute approximate surface area is 65.7 Å². The summed E-state index contributed by atoms with van der Waals surface area (Å²) in [6.07, 6.45) is 3.68. The van der Waals surface area contributed by atoms with Crippen LogP contribution in [0.25, 0.3) is 0 Å². The molecule has 0 aliphatic carbocycles. The Morgan fingerprint density at radius 2 is 2.45 bits per heavy atom. The van der Waals surface area contributed by atoms with E-state index >= 15 is 0 Å². The zero-order valence-electron chi connectivity index (χ0n) is 6.78. The third kappa shape index (κ3) is 2.41. The first kappa shape index (κ1) is 7.78. The minimum Gasteiger partial charge on any atom is -0.367 e. The fourth-order valence-electron chi connectivity index (χ4n) is 0.673. The van der Waals surface area contributed by atoms with Gasteiger partial charge in [-0.25, -0.2) is 9.67 Å². The van der Waals surface area contributed by atoms with Crippen LogP contribution in [0.1, 0.15) is 13.8 Å². The zero-order valence-corrected chi connectivity index (χ0v) is 6.78. The van der Waals surface area contributed by atoms with Gasteiger partial charge in [0.2, 0.25) is 5.95 Å². The van der Waals surface area contributed by atoms with Gasteiger partial charge in [-0.05, 0) is 13.8 Å². The molecule has 1 heterocycles. The Balaban J connectivity index is 2.58. The molecule has 11 heavy (non-hydrogen) atoms. The van der Waals surface area contributed by atoms with Crippen LogP contribution in [-0.2, 0) is 6.54 Å². The Kier molecular flexibility index (Phi) is 2.25. The van der Waals surface area contributed by atoms with Crippen molar-refractivity contribution in [2.24, 2.45) is 0 Å². The Hall–Kier alpha value is -1.32. The highest BCUT2D eigenvalue weighted by molar-refractivity contribution is 5.09. The van der Waals surface area contributed by atoms with Crippen LogP contribution in [0.3, 0.4) is 0 Å². The van der Waals surface area contributed by atoms with Crippen molar-refractivity contribution >= 4 is 5.95 Å². The monoisotopic (exact) mass is 152 g/mol. The lowest BCUT2D eigenvalue weighted by Crippen LogP contribution is -1.97. The van der Waals surface area contributed by atoms with E-state index in [0.29, 0.717) is 5.95 Å². The van der Waals surface area contributed by atoms with Gasteiger partial charge in [0.1, 0.15) is 6.33 Å². The molecule has 0 amide bonds. The van der Waals surface area contributed by atoms with Gasteiger partial charge < -0.3 is 5.73 Å². The van der Waals surface area contributed by atoms with Crippen molar-refractivity contribution in [3.05, 3.63) is 18.0 Å². The van der Waals surface area contributed by atoms with Crippen molar-refractivity contribution in [1.29, 1.82) is 0 Å². The zero-order chi connectivity index (χ0) is 8.27. The molecule has 0 atom stereocenters. The van der Waals surface area contributed by atoms with E-state index in [9.17, 15) is 0 Å². The summed E-state index contributed by atoms with van der Waals surface area (Å²) in [6, 6.07) is 0. The number of allylic oxidation sites excluding steroid dienone is 2. The summed E-state index contributed by atoms with van der Waals surface area (Å²) in [5.74, 6) is 0.326. The van der Waals surface area contributed by atoms with E-state index in [1.54, 1.807) is 11.0 Å². The first-order valence-electron chi connectivity index (χ1n) is 3.47. The lowest BCUT2D eigenvalue weighted by Gasteiger charge is -1.92. The molecule has 0 aliphatic heterocycles. The number of aromatic nitrogens is 3. The van der Waals surface area contributed by atoms with Gasteiger partial charge in [0.25, 0.3) is 0 Å². The predicted molar refractivity (Wildman–Crippen MR) is 43.9 cm³/mol. The van der Waals surface area contributed by atoms with E-state index in [1.807, 2.05) is 13.8 Å². The van der Waals surface area contributed by atoms with Crippen molar-refractivity contribution < 1.29 is 0 Å². The highest BCUT2D eigenvalue weighted by Gasteiger charge is 1.91. The number of hydrogen-bond acceptors (Lipinski definition) is 3. The minimum atomic E-state index is 0.326. The van der Waals surface area contributed by atoms with Gasteiger partial charge in [-0.2, -0.15) is 0 Å². The summed E-state index contributed by atoms with van der Waals surface area (Å²) >= 11 is 0. The van der Waals surface area contributed by atoms with Gasteiger partial charge in [-0.3, -0.25) is 0 Å². The molecule has 4 heteroatoms. The van der Waals surface area contributed by atoms with Gasteiger partial charge in [0.05, 0.1) is 6.54 Å². The number of anilines is 1. The van der Waals surface area contributed by atoms with Crippen LogP contribution in [0, 0.1) is 0 Å². The SMILES string of the molecule is CC(C)=CCn1cnc(N)n1. The van der Waals surface area contributed by atoms with Crippen LogP contribution in [0.5, 0.6) is 0 Å². The average Bonchev–Trinajstić information content (AvgIpc) is 2.31. The molecule has 0 fully saturated rings. The van der Waals surface area contributed by atoms with Crippen molar-refractivity contribution in [1.82, 2.24) is 14.8 Å². The molecule has 0 saturated carbocycles. The molecular weight excluding hydrogens is 140 g/mol. The fraction of sp³-hybridized carbons (Fsp3) is 0.429. The van der Waals surface area contributed by atoms with E-state index < -0.39 is 0 Å². The summed E-state index contributed by atoms with van der Waals surface area (Å²) in [6.45, 7) is 4.83. The van der Waals surface area contributed by atoms with Crippen LogP contribution < -0.4 is 5.73 Å². The molecule has 1 aromatic heterocycles. The number of nitrogens with zero attached hydrogens (tertiary/aromatic N) is 3. The highest BCUT2D eigenvalue weighted by Crippen LogP contribution is 1.93. The predicted octanol–water partition coefficient (Wildman–Crippen LogP) is 0.826. The third-order valence-electron chi connectivity index (χ3n) is 1.24. The first-order valence-corrected chi connectivity index (χ1v) is 3.47. The largest absolute Gasteiger partial charge is 0.367 e. The maximum Gasteiger partial charge on any atom is 0.239 e. The standard InChI is InChI=1S/C7H12N4/c1-6(2)3-4-11-5-9-7(8)10-11/h3,5H,4H2,1-2H3,(H2,8,10). The Bertz CT molecular complexity index is 257. The molecule has 2 N–H and O–H groups in total. The van der Waals surface area contributed by atoms with Crippen molar-refractivity contribution in [2.45, 2.75) is 20.4 Å². The maximum atomic E-state index is 5.32. The van der Waals surface area contributed by atoms with E-state index in [-0.39, 0.29) is 0 Å². The molecule has 1 aromatic rings. The van der Waals surface area contributed by atoms with E-state index in [4.69, 9.17) is 5.73 Å². The quantitative estimate of drug-likeness (QED) is 0.638. The average molecular weight is 152 g/mol. The van der Waals surface area contributed by atoms with Crippen LogP contribution in [0.2, 0.25) is 0 Å². The molecule has 0 unspecified atom stereocenters. The van der Waals surface area contributed by atoms with Crippen molar-refractivity contribution in [3.63, 3.8) is 0 Å². The highest BCUT2D eigenvalue weighted by atomic mass is 15.3. The second kappa shape index (κ2) is 3.18. The molecular formula is C7H12N4. The second-order valence-corrected chi connectivity index (χ2v) is 2.61. The number of nitrogen functional groups attached to an aromatic ring is 1. The van der Waals surface area contributed by atoms with Gasteiger partial charge in [0.15, 0.2) is 0 Å². The van der Waals surface area contributed by atoms with Crippen molar-refractivity contribution in [2.75, 3.05) is 5.73 Å². The van der Waals surface area contributed by atoms with Crippen LogP contribution in [0.15, 0.2) is 18.0 Å². The molecule has 1 rings (SSSR count). The van der Waals surface area contributed by atoms with Gasteiger partial charge in [-0.15, -0.1) is 5.10 Å². The number of rotatable bonds is 2. The topological polar surface area (TPSA) is 56.7 Å². The summed E-state index contributed by atoms with van der Waals surface area (Å²) in [5, 5.41) is 3.92. The fourth-order valence-corrected chi connectivity index (χ4v) is 0.673. The number of hydrogen-bond donors (Lipinski definition) is 1. The molecule has 0 radical (unpaired) electrons. The van der Waals surface area contributed by atoms with Crippen LogP contribution in [-0.4, -0.2) is 14.8 Å². The molecule has 0 aliphatic rings. The van der Waals surface area contributed by atoms with Gasteiger partial charge in [0, 0.05) is 0 Å². The summed E-state index contributed by atoms with van der Waals surface area (Å²) in [7, 11) is 0. The summed E-state index contributed by atoms with van der Waals surface area (Å²) in [4.78, 5) is 3.79. The molecule has 0 bridgehead atoms. The van der Waals surface area contributed by atoms with E-state index in [0.717, 1.165) is 6.54 Å². The lowest BCUT2D eigenvalue weighted by molar-refractivity contribution is 0.699. The summed E-state index contributed by atoms with van der Waals surface area (Å²) in [5.41, 5.74) is 6.58. The van der Waals surface area contributed by atoms with Gasteiger partial charge >= 0.3 is 0 Å². The maximum absolute atomic E-state index is 5.32. The normalized spacial score (nSPS) is 9.64. The van der Waals surface area contributed by atoms with Crippen molar-refractivity contribution in [3.8, 4) is 0 Å². The smallest absolute Gasteiger partial charge is 0.239 e. The Morgan fingerprint density at radius 1 is 1.73 bits per heavy atom. The van der Waals surface area contributed by atoms with Crippen LogP contribution in [0.4, 0.5) is 5.95 Å². The third-order valence-corrected chi connectivity index (χ3v) is 1.24. The molecule has 0 aromatic carbocycles. The lowest BCUT2D eigenvalue weighted by atomic mass is 10.3.